The normalized spacial score (nSPS) is 10.0. The number of nitrogens with one attached hydrogen (secondary N) is 3. The number of carboxylic acids is 1. The van der Waals surface area contributed by atoms with Crippen LogP contribution in [0.25, 0.3) is 0 Å². The molecule has 0 saturated carbocycles. The van der Waals surface area contributed by atoms with Crippen LogP contribution in [-0.2, 0) is 25.6 Å². The van der Waals surface area contributed by atoms with Gasteiger partial charge in [-0.3, -0.25) is 30.0 Å². The molecule has 0 radical (unpaired) electrons. The van der Waals surface area contributed by atoms with Gasteiger partial charge in [0.2, 0.25) is 22.9 Å². The van der Waals surface area contributed by atoms with Crippen molar-refractivity contribution in [2.24, 2.45) is 0 Å². The average molecular weight is 357 g/mol. The van der Waals surface area contributed by atoms with E-state index in [1.807, 2.05) is 6.92 Å². The van der Waals surface area contributed by atoms with E-state index >= 15 is 0 Å². The van der Waals surface area contributed by atoms with Gasteiger partial charge in [-0.1, -0.05) is 18.3 Å². The Kier molecular flexibility index (Phi) is 8.33. The van der Waals surface area contributed by atoms with Crippen molar-refractivity contribution in [3.63, 3.8) is 0 Å². The summed E-state index contributed by atoms with van der Waals surface area (Å²) >= 11 is 1.28. The molecular weight excluding hydrogens is 338 g/mol. The predicted octanol–water partition coefficient (Wildman–Crippen LogP) is 0.221. The lowest BCUT2D eigenvalue weighted by molar-refractivity contribution is -0.139. The third-order valence-corrected chi connectivity index (χ3v) is 3.56. The number of aromatic nitrogens is 2. The summed E-state index contributed by atoms with van der Waals surface area (Å²) in [5.41, 5.74) is 4.18. The molecule has 3 amide bonds. The standard InChI is InChI=1S/C13H19N5O5S/c1-2-3-11-17-18-13(24-11)14-8(19)4-5-9(20)15-16-10(21)6-7-12(22)23/h2-7H2,1H3,(H,15,20)(H,16,21)(H,22,23)(H,14,18,19). The van der Waals surface area contributed by atoms with E-state index in [2.05, 4.69) is 26.4 Å². The summed E-state index contributed by atoms with van der Waals surface area (Å²) in [6.45, 7) is 2.01. The summed E-state index contributed by atoms with van der Waals surface area (Å²) in [5.74, 6) is -2.67. The number of hydrogen-bond acceptors (Lipinski definition) is 7. The number of hydrazine groups is 1. The lowest BCUT2D eigenvalue weighted by Crippen LogP contribution is -2.41. The van der Waals surface area contributed by atoms with Crippen LogP contribution in [0, 0.1) is 0 Å². The van der Waals surface area contributed by atoms with Crippen molar-refractivity contribution >= 4 is 40.2 Å². The number of aryl methyl sites for hydroxylation is 1. The minimum atomic E-state index is -1.10. The summed E-state index contributed by atoms with van der Waals surface area (Å²) in [4.78, 5) is 44.7. The maximum absolute atomic E-state index is 11.7. The number of aliphatic carboxylic acids is 1. The van der Waals surface area contributed by atoms with Gasteiger partial charge in [0.1, 0.15) is 5.01 Å². The number of rotatable bonds is 9. The van der Waals surface area contributed by atoms with Crippen LogP contribution in [-0.4, -0.2) is 39.0 Å². The van der Waals surface area contributed by atoms with Crippen molar-refractivity contribution in [1.82, 2.24) is 21.0 Å². The molecule has 0 saturated heterocycles. The Bertz CT molecular complexity index is 603. The highest BCUT2D eigenvalue weighted by molar-refractivity contribution is 7.15. The molecule has 4 N–H and O–H groups in total. The van der Waals surface area contributed by atoms with Crippen LogP contribution in [0.1, 0.15) is 44.0 Å². The van der Waals surface area contributed by atoms with Gasteiger partial charge in [0.25, 0.3) is 0 Å². The van der Waals surface area contributed by atoms with Crippen molar-refractivity contribution < 1.29 is 24.3 Å². The molecule has 0 aliphatic rings. The molecular formula is C13H19N5O5S. The van der Waals surface area contributed by atoms with Crippen molar-refractivity contribution in [3.8, 4) is 0 Å². The molecule has 1 rings (SSSR count). The smallest absolute Gasteiger partial charge is 0.303 e. The SMILES string of the molecule is CCCc1nnc(NC(=O)CCC(=O)NNC(=O)CCC(=O)O)s1. The number of nitrogens with zero attached hydrogens (tertiary/aromatic N) is 2. The van der Waals surface area contributed by atoms with Gasteiger partial charge in [0, 0.05) is 25.7 Å². The van der Waals surface area contributed by atoms with Gasteiger partial charge in [-0.25, -0.2) is 0 Å². The molecule has 1 heterocycles. The Balaban J connectivity index is 2.22. The third-order valence-electron chi connectivity index (χ3n) is 2.66. The van der Waals surface area contributed by atoms with Crippen molar-refractivity contribution in [3.05, 3.63) is 5.01 Å². The van der Waals surface area contributed by atoms with E-state index in [9.17, 15) is 19.2 Å². The van der Waals surface area contributed by atoms with Gasteiger partial charge >= 0.3 is 5.97 Å². The molecule has 0 aliphatic heterocycles. The number of hydrogen-bond donors (Lipinski definition) is 4. The second-order valence-electron chi connectivity index (χ2n) is 4.79. The molecule has 11 heteroatoms. The maximum Gasteiger partial charge on any atom is 0.303 e. The first-order chi connectivity index (χ1) is 11.4. The van der Waals surface area contributed by atoms with Gasteiger partial charge in [0.05, 0.1) is 6.42 Å². The summed E-state index contributed by atoms with van der Waals surface area (Å²) in [6, 6.07) is 0. The molecule has 0 aromatic carbocycles. The third kappa shape index (κ3) is 8.17. The Morgan fingerprint density at radius 3 is 2.12 bits per heavy atom. The average Bonchev–Trinajstić information content (AvgIpc) is 2.96. The monoisotopic (exact) mass is 357 g/mol. The first kappa shape index (κ1) is 19.5. The first-order valence-electron chi connectivity index (χ1n) is 7.32. The second-order valence-corrected chi connectivity index (χ2v) is 5.85. The number of carboxylic acid groups (broad SMARTS) is 1. The highest BCUT2D eigenvalue weighted by Gasteiger charge is 2.11. The maximum atomic E-state index is 11.7. The number of carbonyl (C=O) groups is 4. The van der Waals surface area contributed by atoms with E-state index in [4.69, 9.17) is 5.11 Å². The molecule has 1 aromatic rings. The summed E-state index contributed by atoms with van der Waals surface area (Å²) in [6.07, 6.45) is 0.933. The Hall–Kier alpha value is -2.56. The van der Waals surface area contributed by atoms with Crippen LogP contribution in [0.4, 0.5) is 5.13 Å². The fourth-order valence-electron chi connectivity index (χ4n) is 1.51. The zero-order chi connectivity index (χ0) is 17.9. The lowest BCUT2D eigenvalue weighted by Gasteiger charge is -2.06. The van der Waals surface area contributed by atoms with Crippen molar-refractivity contribution in [2.75, 3.05) is 5.32 Å². The second kappa shape index (κ2) is 10.3. The van der Waals surface area contributed by atoms with Crippen molar-refractivity contribution in [1.29, 1.82) is 0 Å². The molecule has 132 valence electrons. The van der Waals surface area contributed by atoms with E-state index in [1.165, 1.54) is 11.3 Å². The molecule has 0 aliphatic carbocycles. The Labute approximate surface area is 142 Å². The largest absolute Gasteiger partial charge is 0.481 e. The molecule has 0 unspecified atom stereocenters. The number of amides is 3. The van der Waals surface area contributed by atoms with Gasteiger partial charge in [-0.15, -0.1) is 10.2 Å². The summed E-state index contributed by atoms with van der Waals surface area (Å²) in [7, 11) is 0. The highest BCUT2D eigenvalue weighted by Crippen LogP contribution is 2.16. The zero-order valence-electron chi connectivity index (χ0n) is 13.1. The fourth-order valence-corrected chi connectivity index (χ4v) is 2.37. The van der Waals surface area contributed by atoms with E-state index in [0.717, 1.165) is 17.8 Å². The van der Waals surface area contributed by atoms with Gasteiger partial charge in [-0.2, -0.15) is 0 Å². The minimum Gasteiger partial charge on any atom is -0.481 e. The van der Waals surface area contributed by atoms with Crippen LogP contribution >= 0.6 is 11.3 Å². The van der Waals surface area contributed by atoms with Gasteiger partial charge in [0.15, 0.2) is 0 Å². The van der Waals surface area contributed by atoms with Crippen LogP contribution in [0.2, 0.25) is 0 Å². The van der Waals surface area contributed by atoms with Gasteiger partial charge in [-0.05, 0) is 6.42 Å². The van der Waals surface area contributed by atoms with Crippen molar-refractivity contribution in [2.45, 2.75) is 45.4 Å². The zero-order valence-corrected chi connectivity index (χ0v) is 13.9. The van der Waals surface area contributed by atoms with Crippen LogP contribution in [0.15, 0.2) is 0 Å². The topological polar surface area (TPSA) is 150 Å². The highest BCUT2D eigenvalue weighted by atomic mass is 32.1. The van der Waals surface area contributed by atoms with Crippen LogP contribution < -0.4 is 16.2 Å². The number of anilines is 1. The predicted molar refractivity (Wildman–Crippen MR) is 84.9 cm³/mol. The quantitative estimate of drug-likeness (QED) is 0.462. The summed E-state index contributed by atoms with van der Waals surface area (Å²) < 4.78 is 0. The first-order valence-corrected chi connectivity index (χ1v) is 8.14. The number of carbonyl (C=O) groups excluding carboxylic acids is 3. The van der Waals surface area contributed by atoms with E-state index in [0.29, 0.717) is 5.13 Å². The molecule has 1 aromatic heterocycles. The van der Waals surface area contributed by atoms with Crippen LogP contribution in [0.5, 0.6) is 0 Å². The van der Waals surface area contributed by atoms with E-state index < -0.39 is 17.8 Å². The molecule has 10 nitrogen and oxygen atoms in total. The van der Waals surface area contributed by atoms with Crippen LogP contribution in [0.3, 0.4) is 0 Å². The Morgan fingerprint density at radius 2 is 1.54 bits per heavy atom. The molecule has 0 spiro atoms. The molecule has 0 fully saturated rings. The van der Waals surface area contributed by atoms with E-state index in [-0.39, 0.29) is 31.6 Å². The molecule has 0 bridgehead atoms. The molecule has 0 atom stereocenters. The lowest BCUT2D eigenvalue weighted by atomic mass is 10.3. The van der Waals surface area contributed by atoms with E-state index in [1.54, 1.807) is 0 Å². The minimum absolute atomic E-state index is 0.0838. The fraction of sp³-hybridized carbons (Fsp3) is 0.538. The molecule has 24 heavy (non-hydrogen) atoms. The summed E-state index contributed by atoms with van der Waals surface area (Å²) in [5, 5.41) is 19.9. The Morgan fingerprint density at radius 1 is 0.958 bits per heavy atom. The van der Waals surface area contributed by atoms with Gasteiger partial charge < -0.3 is 10.4 Å².